The smallest absolute Gasteiger partial charge is 0.119 e. The molecular formula is C17H21NO4. The third kappa shape index (κ3) is 6.03. The second kappa shape index (κ2) is 8.92. The van der Waals surface area contributed by atoms with Crippen LogP contribution in [0.15, 0.2) is 54.6 Å². The first kappa shape index (κ1) is 16.1. The zero-order valence-corrected chi connectivity index (χ0v) is 12.3. The number of ether oxygens (including phenoxy) is 2. The number of aliphatic hydroxyl groups excluding tert-OH is 1. The largest absolute Gasteiger partial charge is 0.508 e. The molecular weight excluding hydrogens is 282 g/mol. The Morgan fingerprint density at radius 3 is 2.32 bits per heavy atom. The maximum Gasteiger partial charge on any atom is 0.119 e. The molecule has 2 rings (SSSR count). The number of aromatic hydroxyl groups is 1. The quantitative estimate of drug-likeness (QED) is 0.616. The summed E-state index contributed by atoms with van der Waals surface area (Å²) >= 11 is 0. The zero-order chi connectivity index (χ0) is 15.6. The summed E-state index contributed by atoms with van der Waals surface area (Å²) in [6, 6.07) is 16.0. The average Bonchev–Trinajstić information content (AvgIpc) is 2.55. The SMILES string of the molecule is Oc1ccc(OCCNC[C@@H](O)COc2ccccc2)cc1. The molecule has 0 aliphatic carbocycles. The Hall–Kier alpha value is -2.24. The van der Waals surface area contributed by atoms with Gasteiger partial charge in [-0.1, -0.05) is 18.2 Å². The number of rotatable bonds is 9. The van der Waals surface area contributed by atoms with E-state index in [-0.39, 0.29) is 12.4 Å². The van der Waals surface area contributed by atoms with Crippen LogP contribution in [0.5, 0.6) is 17.2 Å². The topological polar surface area (TPSA) is 71.0 Å². The van der Waals surface area contributed by atoms with Crippen LogP contribution in [-0.4, -0.2) is 42.6 Å². The Balaban J connectivity index is 1.53. The van der Waals surface area contributed by atoms with Crippen LogP contribution >= 0.6 is 0 Å². The van der Waals surface area contributed by atoms with Gasteiger partial charge in [-0.25, -0.2) is 0 Å². The van der Waals surface area contributed by atoms with Crippen LogP contribution in [0.1, 0.15) is 0 Å². The molecule has 0 amide bonds. The van der Waals surface area contributed by atoms with E-state index in [4.69, 9.17) is 14.6 Å². The van der Waals surface area contributed by atoms with Crippen molar-refractivity contribution in [2.75, 3.05) is 26.3 Å². The maximum atomic E-state index is 9.80. The van der Waals surface area contributed by atoms with Crippen molar-refractivity contribution in [1.29, 1.82) is 0 Å². The van der Waals surface area contributed by atoms with Crippen molar-refractivity contribution in [1.82, 2.24) is 5.32 Å². The first-order valence-electron chi connectivity index (χ1n) is 7.22. The first-order valence-corrected chi connectivity index (χ1v) is 7.22. The molecule has 3 N–H and O–H groups in total. The molecule has 0 unspecified atom stereocenters. The lowest BCUT2D eigenvalue weighted by Crippen LogP contribution is -2.33. The van der Waals surface area contributed by atoms with E-state index >= 15 is 0 Å². The fraction of sp³-hybridized carbons (Fsp3) is 0.294. The molecule has 0 aliphatic heterocycles. The molecule has 2 aromatic rings. The normalized spacial score (nSPS) is 11.9. The molecule has 2 aromatic carbocycles. The molecule has 0 heterocycles. The Labute approximate surface area is 130 Å². The Morgan fingerprint density at radius 1 is 0.909 bits per heavy atom. The Bertz CT molecular complexity index is 530. The van der Waals surface area contributed by atoms with Crippen molar-refractivity contribution in [3.05, 3.63) is 54.6 Å². The van der Waals surface area contributed by atoms with Gasteiger partial charge < -0.3 is 25.0 Å². The minimum atomic E-state index is -0.575. The highest BCUT2D eigenvalue weighted by atomic mass is 16.5. The van der Waals surface area contributed by atoms with Gasteiger partial charge in [-0.05, 0) is 36.4 Å². The molecule has 0 saturated heterocycles. The van der Waals surface area contributed by atoms with Crippen LogP contribution in [0.2, 0.25) is 0 Å². The number of phenols is 1. The van der Waals surface area contributed by atoms with Crippen LogP contribution in [0.4, 0.5) is 0 Å². The summed E-state index contributed by atoms with van der Waals surface area (Å²) in [6.45, 7) is 1.78. The Morgan fingerprint density at radius 2 is 1.59 bits per heavy atom. The third-order valence-electron chi connectivity index (χ3n) is 2.95. The van der Waals surface area contributed by atoms with Gasteiger partial charge in [-0.3, -0.25) is 0 Å². The van der Waals surface area contributed by atoms with Crippen LogP contribution in [0, 0.1) is 0 Å². The lowest BCUT2D eigenvalue weighted by atomic mass is 10.3. The molecule has 0 saturated carbocycles. The number of para-hydroxylation sites is 1. The van der Waals surface area contributed by atoms with Gasteiger partial charge in [-0.15, -0.1) is 0 Å². The number of hydrogen-bond acceptors (Lipinski definition) is 5. The van der Waals surface area contributed by atoms with E-state index in [2.05, 4.69) is 5.32 Å². The van der Waals surface area contributed by atoms with E-state index in [1.807, 2.05) is 30.3 Å². The van der Waals surface area contributed by atoms with Crippen molar-refractivity contribution < 1.29 is 19.7 Å². The molecule has 0 aliphatic rings. The van der Waals surface area contributed by atoms with Gasteiger partial charge in [0.2, 0.25) is 0 Å². The fourth-order valence-corrected chi connectivity index (χ4v) is 1.82. The van der Waals surface area contributed by atoms with E-state index < -0.39 is 6.10 Å². The Kier molecular flexibility index (Phi) is 6.54. The molecule has 0 fully saturated rings. The first-order chi connectivity index (χ1) is 10.7. The summed E-state index contributed by atoms with van der Waals surface area (Å²) in [6.07, 6.45) is -0.575. The molecule has 1 atom stereocenters. The minimum Gasteiger partial charge on any atom is -0.508 e. The summed E-state index contributed by atoms with van der Waals surface area (Å²) in [5.74, 6) is 1.66. The van der Waals surface area contributed by atoms with Crippen LogP contribution in [0.25, 0.3) is 0 Å². The zero-order valence-electron chi connectivity index (χ0n) is 12.3. The highest BCUT2D eigenvalue weighted by Gasteiger charge is 2.04. The number of phenolic OH excluding ortho intramolecular Hbond substituents is 1. The van der Waals surface area contributed by atoms with Crippen LogP contribution in [0.3, 0.4) is 0 Å². The van der Waals surface area contributed by atoms with Crippen molar-refractivity contribution in [2.45, 2.75) is 6.10 Å². The van der Waals surface area contributed by atoms with E-state index in [9.17, 15) is 5.11 Å². The number of aliphatic hydroxyl groups is 1. The number of hydrogen-bond donors (Lipinski definition) is 3. The molecule has 5 nitrogen and oxygen atoms in total. The molecule has 22 heavy (non-hydrogen) atoms. The molecule has 5 heteroatoms. The van der Waals surface area contributed by atoms with E-state index in [0.29, 0.717) is 25.4 Å². The predicted molar refractivity (Wildman–Crippen MR) is 84.4 cm³/mol. The lowest BCUT2D eigenvalue weighted by molar-refractivity contribution is 0.105. The van der Waals surface area contributed by atoms with Gasteiger partial charge in [0.25, 0.3) is 0 Å². The van der Waals surface area contributed by atoms with E-state index in [1.54, 1.807) is 24.3 Å². The highest BCUT2D eigenvalue weighted by molar-refractivity contribution is 5.30. The van der Waals surface area contributed by atoms with Gasteiger partial charge in [0, 0.05) is 13.1 Å². The van der Waals surface area contributed by atoms with Gasteiger partial charge in [0.15, 0.2) is 0 Å². The second-order valence-corrected chi connectivity index (χ2v) is 4.82. The summed E-state index contributed by atoms with van der Waals surface area (Å²) in [4.78, 5) is 0. The minimum absolute atomic E-state index is 0.215. The van der Waals surface area contributed by atoms with Crippen molar-refractivity contribution in [3.8, 4) is 17.2 Å². The van der Waals surface area contributed by atoms with Crippen molar-refractivity contribution in [2.24, 2.45) is 0 Å². The van der Waals surface area contributed by atoms with Gasteiger partial charge in [-0.2, -0.15) is 0 Å². The molecule has 0 bridgehead atoms. The van der Waals surface area contributed by atoms with Crippen molar-refractivity contribution in [3.63, 3.8) is 0 Å². The van der Waals surface area contributed by atoms with E-state index in [1.165, 1.54) is 0 Å². The maximum absolute atomic E-state index is 9.80. The summed E-state index contributed by atoms with van der Waals surface area (Å²) in [5.41, 5.74) is 0. The summed E-state index contributed by atoms with van der Waals surface area (Å²) in [5, 5.41) is 22.1. The number of nitrogens with one attached hydrogen (secondary N) is 1. The molecule has 0 radical (unpaired) electrons. The molecule has 0 spiro atoms. The lowest BCUT2D eigenvalue weighted by Gasteiger charge is -2.13. The van der Waals surface area contributed by atoms with Crippen molar-refractivity contribution >= 4 is 0 Å². The highest BCUT2D eigenvalue weighted by Crippen LogP contribution is 2.15. The third-order valence-corrected chi connectivity index (χ3v) is 2.95. The molecule has 118 valence electrons. The molecule has 0 aromatic heterocycles. The van der Waals surface area contributed by atoms with Gasteiger partial charge in [0.1, 0.15) is 36.6 Å². The average molecular weight is 303 g/mol. The van der Waals surface area contributed by atoms with Gasteiger partial charge >= 0.3 is 0 Å². The monoisotopic (exact) mass is 303 g/mol. The van der Waals surface area contributed by atoms with Crippen LogP contribution < -0.4 is 14.8 Å². The fourth-order valence-electron chi connectivity index (χ4n) is 1.82. The number of benzene rings is 2. The second-order valence-electron chi connectivity index (χ2n) is 4.82. The van der Waals surface area contributed by atoms with Gasteiger partial charge in [0.05, 0.1) is 0 Å². The van der Waals surface area contributed by atoms with Crippen LogP contribution in [-0.2, 0) is 0 Å². The van der Waals surface area contributed by atoms with E-state index in [0.717, 1.165) is 5.75 Å². The standard InChI is InChI=1S/C17H21NO4/c19-14-6-8-17(9-7-14)21-11-10-18-12-15(20)13-22-16-4-2-1-3-5-16/h1-9,15,18-20H,10-13H2/t15-/m1/s1. The predicted octanol–water partition coefficient (Wildman–Crippen LogP) is 1.80. The summed E-state index contributed by atoms with van der Waals surface area (Å²) in [7, 11) is 0. The summed E-state index contributed by atoms with van der Waals surface area (Å²) < 4.78 is 10.9.